The monoisotopic (exact) mass is 1140 g/mol. The SMILES string of the molecule is COc1ccc(C(OC[C@H]2O[C@@H](n3cc(C)c(=O)n(C(=O)c4ccccc4)c3=O)C[C@@H]2O[P+](=O)OC[C@H]2O[C@@H](n3cc(C)c(=O)n(C(=O)c4ccccc4)c3=O)C[C@@H]2OC(=O)c2ccccc2)(c2ccccc2)c2ccc(OC)cc2)cc1. The molecule has 8 aromatic rings. The summed E-state index contributed by atoms with van der Waals surface area (Å²) in [6.07, 6.45) is -5.04. The highest BCUT2D eigenvalue weighted by Crippen LogP contribution is 2.44. The average Bonchev–Trinajstić information content (AvgIpc) is 4.12. The molecule has 10 rings (SSSR count). The lowest BCUT2D eigenvalue weighted by molar-refractivity contribution is -0.0928. The van der Waals surface area contributed by atoms with Gasteiger partial charge in [-0.15, -0.1) is 9.05 Å². The molecule has 0 radical (unpaired) electrons. The van der Waals surface area contributed by atoms with Crippen LogP contribution < -0.4 is 32.0 Å². The molecule has 0 bridgehead atoms. The molecule has 1 unspecified atom stereocenters. The summed E-state index contributed by atoms with van der Waals surface area (Å²) in [6, 6.07) is 47.8. The van der Waals surface area contributed by atoms with Crippen LogP contribution >= 0.6 is 8.25 Å². The summed E-state index contributed by atoms with van der Waals surface area (Å²) in [4.78, 5) is 96.7. The number of aromatic nitrogens is 4. The van der Waals surface area contributed by atoms with E-state index in [1.807, 2.05) is 54.6 Å². The van der Waals surface area contributed by atoms with E-state index in [-0.39, 0.29) is 47.3 Å². The van der Waals surface area contributed by atoms with Crippen LogP contribution in [0.1, 0.15) is 84.2 Å². The fourth-order valence-corrected chi connectivity index (χ4v) is 11.0. The fourth-order valence-electron chi connectivity index (χ4n) is 10.2. The molecule has 21 heteroatoms. The molecule has 7 atom stereocenters. The van der Waals surface area contributed by atoms with Crippen molar-refractivity contribution in [2.24, 2.45) is 0 Å². The summed E-state index contributed by atoms with van der Waals surface area (Å²) in [5, 5.41) is 0. The lowest BCUT2D eigenvalue weighted by Crippen LogP contribution is -2.45. The first-order valence-electron chi connectivity index (χ1n) is 26.4. The van der Waals surface area contributed by atoms with Crippen LogP contribution in [0.3, 0.4) is 0 Å². The molecule has 424 valence electrons. The van der Waals surface area contributed by atoms with Crippen LogP contribution in [-0.4, -0.2) is 87.9 Å². The molecule has 83 heavy (non-hydrogen) atoms. The van der Waals surface area contributed by atoms with E-state index in [0.29, 0.717) is 37.3 Å². The van der Waals surface area contributed by atoms with Crippen LogP contribution in [0.25, 0.3) is 0 Å². The van der Waals surface area contributed by atoms with Crippen molar-refractivity contribution in [2.45, 2.75) is 69.2 Å². The second kappa shape index (κ2) is 25.0. The van der Waals surface area contributed by atoms with E-state index < -0.39 is 97.6 Å². The lowest BCUT2D eigenvalue weighted by atomic mass is 9.80. The molecule has 20 nitrogen and oxygen atoms in total. The number of rotatable bonds is 19. The first kappa shape index (κ1) is 57.2. The van der Waals surface area contributed by atoms with Crippen molar-refractivity contribution in [3.63, 3.8) is 0 Å². The highest BCUT2D eigenvalue weighted by Gasteiger charge is 2.48. The summed E-state index contributed by atoms with van der Waals surface area (Å²) < 4.78 is 67.1. The third-order valence-corrected chi connectivity index (χ3v) is 15.3. The zero-order chi connectivity index (χ0) is 58.4. The van der Waals surface area contributed by atoms with Crippen molar-refractivity contribution in [3.8, 4) is 11.5 Å². The molecule has 6 aromatic carbocycles. The fraction of sp³-hybridized carbons (Fsp3) is 0.242. The van der Waals surface area contributed by atoms with E-state index in [0.717, 1.165) is 9.13 Å². The smallest absolute Gasteiger partial charge is 0.497 e. The maximum Gasteiger partial charge on any atom is 0.697 e. The number of hydrogen-bond donors (Lipinski definition) is 0. The van der Waals surface area contributed by atoms with E-state index >= 15 is 0 Å². The number of ether oxygens (including phenoxy) is 6. The number of nitrogens with zero attached hydrogens (tertiary/aromatic N) is 4. The van der Waals surface area contributed by atoms with E-state index in [1.54, 1.807) is 105 Å². The summed E-state index contributed by atoms with van der Waals surface area (Å²) in [7, 11) is -0.0550. The topological polar surface area (TPSA) is 230 Å². The van der Waals surface area contributed by atoms with Gasteiger partial charge in [-0.1, -0.05) is 109 Å². The molecule has 2 aliphatic rings. The zero-order valence-corrected chi connectivity index (χ0v) is 46.3. The van der Waals surface area contributed by atoms with Crippen molar-refractivity contribution in [1.29, 1.82) is 0 Å². The van der Waals surface area contributed by atoms with Crippen LogP contribution in [0.5, 0.6) is 11.5 Å². The normalized spacial score (nSPS) is 18.8. The van der Waals surface area contributed by atoms with Gasteiger partial charge in [-0.2, -0.15) is 9.13 Å². The number of carbonyl (C=O) groups is 3. The highest BCUT2D eigenvalue weighted by atomic mass is 31.1. The Labute approximate surface area is 475 Å². The minimum absolute atomic E-state index is 0.0372. The van der Waals surface area contributed by atoms with E-state index in [2.05, 4.69) is 0 Å². The van der Waals surface area contributed by atoms with Crippen LogP contribution in [0.15, 0.2) is 201 Å². The maximum atomic E-state index is 14.5. The standard InChI is InChI=1S/C62H56N4O16P/c1-39-35-63(60(72)65(55(39)67)57(69)41-17-9-5-10-18-41)53-33-49(81-59(71)43-21-13-7-14-22-43)52(80-53)38-78-83(74)82-50-34-54(64-36-40(2)56(68)66(61(64)73)58(70)42-19-11-6-12-20-42)79-51(50)37-77-62(44-23-15-8-16-24-44,45-25-29-47(75-3)30-26-45)46-27-31-48(76-4)32-28-46/h5-32,35-36,49-54H,33-34,37-38H2,1-4H3/q+1/t49-,50-,51+,52+,53+,54+/m0/s1. The van der Waals surface area contributed by atoms with Crippen molar-refractivity contribution < 1.29 is 56.4 Å². The first-order valence-corrected chi connectivity index (χ1v) is 27.5. The minimum Gasteiger partial charge on any atom is -0.497 e. The molecule has 2 fully saturated rings. The van der Waals surface area contributed by atoms with Gasteiger partial charge < -0.3 is 28.4 Å². The number of benzene rings is 6. The largest absolute Gasteiger partial charge is 0.697 e. The predicted octanol–water partition coefficient (Wildman–Crippen LogP) is 7.91. The third-order valence-electron chi connectivity index (χ3n) is 14.5. The second-order valence-corrected chi connectivity index (χ2v) is 20.6. The Bertz CT molecular complexity index is 3860. The third kappa shape index (κ3) is 11.9. The minimum atomic E-state index is -3.17. The Balaban J connectivity index is 0.979. The highest BCUT2D eigenvalue weighted by molar-refractivity contribution is 7.33. The van der Waals surface area contributed by atoms with Gasteiger partial charge in [0.2, 0.25) is 0 Å². The maximum absolute atomic E-state index is 14.5. The van der Waals surface area contributed by atoms with Crippen molar-refractivity contribution in [1.82, 2.24) is 18.3 Å². The predicted molar refractivity (Wildman–Crippen MR) is 301 cm³/mol. The second-order valence-electron chi connectivity index (χ2n) is 19.6. The summed E-state index contributed by atoms with van der Waals surface area (Å²) in [5.74, 6) is -1.30. The van der Waals surface area contributed by atoms with E-state index in [4.69, 9.17) is 37.5 Å². The van der Waals surface area contributed by atoms with Gasteiger partial charge in [0.1, 0.15) is 60.6 Å². The Morgan fingerprint density at radius 3 is 1.37 bits per heavy atom. The quantitative estimate of drug-likeness (QED) is 0.0425. The molecule has 0 saturated carbocycles. The first-order chi connectivity index (χ1) is 40.2. The van der Waals surface area contributed by atoms with E-state index in [1.165, 1.54) is 50.5 Å². The number of esters is 1. The molecule has 0 spiro atoms. The number of aryl methyl sites for hydroxylation is 2. The van der Waals surface area contributed by atoms with Crippen LogP contribution in [0.4, 0.5) is 0 Å². The summed E-state index contributed by atoms with van der Waals surface area (Å²) >= 11 is 0. The Morgan fingerprint density at radius 1 is 0.530 bits per heavy atom. The van der Waals surface area contributed by atoms with Crippen molar-refractivity contribution in [3.05, 3.63) is 268 Å². The van der Waals surface area contributed by atoms with Crippen LogP contribution in [-0.2, 0) is 38.2 Å². The van der Waals surface area contributed by atoms with Gasteiger partial charge >= 0.3 is 25.6 Å². The summed E-state index contributed by atoms with van der Waals surface area (Å²) in [5.41, 5.74) is -2.58. The molecule has 2 saturated heterocycles. The molecule has 2 aliphatic heterocycles. The van der Waals surface area contributed by atoms with Gasteiger partial charge in [-0.05, 0) is 91.2 Å². The van der Waals surface area contributed by atoms with Crippen LogP contribution in [0.2, 0.25) is 0 Å². The van der Waals surface area contributed by atoms with Gasteiger partial charge in [0, 0.05) is 52.1 Å². The average molecular weight is 1140 g/mol. The molecule has 4 heterocycles. The Kier molecular flexibility index (Phi) is 17.2. The van der Waals surface area contributed by atoms with Gasteiger partial charge in [-0.25, -0.2) is 14.4 Å². The van der Waals surface area contributed by atoms with Gasteiger partial charge in [-0.3, -0.25) is 28.3 Å². The van der Waals surface area contributed by atoms with Gasteiger partial charge in [0.25, 0.3) is 22.9 Å². The zero-order valence-electron chi connectivity index (χ0n) is 45.4. The lowest BCUT2D eigenvalue weighted by Gasteiger charge is -2.37. The number of methoxy groups -OCH3 is 2. The number of hydrogen-bond acceptors (Lipinski definition) is 16. The molecule has 0 amide bonds. The van der Waals surface area contributed by atoms with Crippen molar-refractivity contribution in [2.75, 3.05) is 27.4 Å². The van der Waals surface area contributed by atoms with Crippen molar-refractivity contribution >= 4 is 26.0 Å². The van der Waals surface area contributed by atoms with E-state index in [9.17, 15) is 38.1 Å². The number of carbonyl (C=O) groups excluding carboxylic acids is 3. The molecular weight excluding hydrogens is 1090 g/mol. The Morgan fingerprint density at radius 2 is 0.928 bits per heavy atom. The summed E-state index contributed by atoms with van der Waals surface area (Å²) in [6.45, 7) is 2.04. The van der Waals surface area contributed by atoms with Gasteiger partial charge in [0.15, 0.2) is 0 Å². The van der Waals surface area contributed by atoms with Crippen LogP contribution in [0, 0.1) is 13.8 Å². The molecule has 2 aromatic heterocycles. The molecule has 0 aliphatic carbocycles. The molecular formula is C62H56N4O16P+. The molecule has 0 N–H and O–H groups in total. The Hall–Kier alpha value is -9.01. The van der Waals surface area contributed by atoms with Gasteiger partial charge in [0.05, 0.1) is 26.4 Å².